The van der Waals surface area contributed by atoms with Gasteiger partial charge in [0.05, 0.1) is 0 Å². The zero-order valence-corrected chi connectivity index (χ0v) is 15.7. The Hall–Kier alpha value is -2.97. The Morgan fingerprint density at radius 2 is 1.00 bits per heavy atom. The minimum absolute atomic E-state index is 0.967. The fourth-order valence-corrected chi connectivity index (χ4v) is 7.92. The molecule has 0 aromatic heterocycles. The molecular weight excluding hydrogens is 348 g/mol. The zero-order chi connectivity index (χ0) is 18.1. The van der Waals surface area contributed by atoms with Crippen molar-refractivity contribution in [2.45, 2.75) is 20.4 Å². The molecule has 0 bridgehead atoms. The summed E-state index contributed by atoms with van der Waals surface area (Å²) < 4.78 is 6.31. The molecule has 0 amide bonds. The van der Waals surface area contributed by atoms with E-state index in [1.54, 1.807) is 0 Å². The lowest BCUT2D eigenvalue weighted by Crippen LogP contribution is -2.13. The molecule has 27 heavy (non-hydrogen) atoms. The van der Waals surface area contributed by atoms with Gasteiger partial charge in [0.1, 0.15) is 11.5 Å². The summed E-state index contributed by atoms with van der Waals surface area (Å²) >= 11 is 0. The molecule has 4 aromatic rings. The van der Waals surface area contributed by atoms with Gasteiger partial charge in [0.15, 0.2) is 0 Å². The van der Waals surface area contributed by atoms with Crippen LogP contribution in [0.4, 0.5) is 0 Å². The highest BCUT2D eigenvalue weighted by atomic mass is 32.3. The van der Waals surface area contributed by atoms with Crippen molar-refractivity contribution in [3.8, 4) is 11.5 Å². The van der Waals surface area contributed by atoms with Gasteiger partial charge in [-0.2, -0.15) is 0 Å². The van der Waals surface area contributed by atoms with Crippen LogP contribution in [0.2, 0.25) is 0 Å². The minimum Gasteiger partial charge on any atom is -0.455 e. The van der Waals surface area contributed by atoms with Gasteiger partial charge in [-0.3, -0.25) is 0 Å². The Morgan fingerprint density at radius 1 is 0.519 bits per heavy atom. The van der Waals surface area contributed by atoms with Gasteiger partial charge < -0.3 is 4.74 Å². The Kier molecular flexibility index (Phi) is 3.99. The quantitative estimate of drug-likeness (QED) is 0.369. The molecule has 5 rings (SSSR count). The normalized spacial score (nSPS) is 15.1. The van der Waals surface area contributed by atoms with Crippen LogP contribution in [0.1, 0.15) is 5.56 Å². The van der Waals surface area contributed by atoms with Gasteiger partial charge in [-0.25, -0.2) is 0 Å². The lowest BCUT2D eigenvalue weighted by atomic mass is 10.2. The van der Waals surface area contributed by atoms with E-state index >= 15 is 0 Å². The number of hydrogen-bond acceptors (Lipinski definition) is 1. The van der Waals surface area contributed by atoms with Crippen LogP contribution in [0.5, 0.6) is 11.5 Å². The van der Waals surface area contributed by atoms with Crippen LogP contribution in [0, 0.1) is 0 Å². The predicted molar refractivity (Wildman–Crippen MR) is 112 cm³/mol. The first kappa shape index (κ1) is 16.2. The fraction of sp³-hybridized carbons (Fsp3) is 0.0400. The third-order valence-corrected chi connectivity index (χ3v) is 9.06. The molecule has 4 aromatic carbocycles. The molecule has 1 aliphatic heterocycles. The Morgan fingerprint density at radius 3 is 1.59 bits per heavy atom. The van der Waals surface area contributed by atoms with Gasteiger partial charge >= 0.3 is 0 Å². The maximum Gasteiger partial charge on any atom is 0.140 e. The van der Waals surface area contributed by atoms with Gasteiger partial charge in [-0.15, -0.1) is 10.0 Å². The Labute approximate surface area is 161 Å². The van der Waals surface area contributed by atoms with Crippen LogP contribution >= 0.6 is 10.0 Å². The largest absolute Gasteiger partial charge is 0.455 e. The number of rotatable bonds is 3. The SMILES string of the molecule is c1ccc(CS2(c3ccccc3)c3ccccc3Oc3ccccc32)cc1. The van der Waals surface area contributed by atoms with E-state index < -0.39 is 10.0 Å². The topological polar surface area (TPSA) is 9.23 Å². The second kappa shape index (κ2) is 6.64. The number of fused-ring (bicyclic) bond motifs is 2. The van der Waals surface area contributed by atoms with Crippen molar-refractivity contribution in [3.05, 3.63) is 115 Å². The number of ether oxygens (including phenoxy) is 1. The van der Waals surface area contributed by atoms with Crippen LogP contribution in [0.25, 0.3) is 0 Å². The molecule has 1 aliphatic rings. The van der Waals surface area contributed by atoms with Crippen LogP contribution in [0.15, 0.2) is 124 Å². The lowest BCUT2D eigenvalue weighted by Gasteiger charge is -2.45. The van der Waals surface area contributed by atoms with Gasteiger partial charge in [0, 0.05) is 15.5 Å². The molecule has 0 aliphatic carbocycles. The average molecular weight is 369 g/mol. The van der Waals surface area contributed by atoms with Crippen molar-refractivity contribution in [2.75, 3.05) is 0 Å². The average Bonchev–Trinajstić information content (AvgIpc) is 2.75. The second-order valence-electron chi connectivity index (χ2n) is 6.68. The van der Waals surface area contributed by atoms with Crippen molar-refractivity contribution in [1.82, 2.24) is 0 Å². The van der Waals surface area contributed by atoms with Crippen LogP contribution in [-0.2, 0) is 5.75 Å². The smallest absolute Gasteiger partial charge is 0.140 e. The van der Waals surface area contributed by atoms with Crippen LogP contribution in [0.3, 0.4) is 0 Å². The monoisotopic (exact) mass is 368 g/mol. The zero-order valence-electron chi connectivity index (χ0n) is 14.9. The highest BCUT2D eigenvalue weighted by Gasteiger charge is 2.39. The maximum atomic E-state index is 6.31. The van der Waals surface area contributed by atoms with Crippen LogP contribution < -0.4 is 4.74 Å². The van der Waals surface area contributed by atoms with E-state index in [0.29, 0.717) is 0 Å². The summed E-state index contributed by atoms with van der Waals surface area (Å²) in [7, 11) is -1.47. The third-order valence-electron chi connectivity index (χ3n) is 5.04. The van der Waals surface area contributed by atoms with Gasteiger partial charge in [-0.1, -0.05) is 72.8 Å². The molecule has 1 nitrogen and oxygen atoms in total. The number of benzene rings is 4. The summed E-state index contributed by atoms with van der Waals surface area (Å²) in [4.78, 5) is 3.98. The molecule has 1 heterocycles. The van der Waals surface area contributed by atoms with Crippen molar-refractivity contribution in [2.24, 2.45) is 0 Å². The van der Waals surface area contributed by atoms with E-state index in [9.17, 15) is 0 Å². The van der Waals surface area contributed by atoms with E-state index in [1.165, 1.54) is 20.2 Å². The summed E-state index contributed by atoms with van der Waals surface area (Å²) in [6.07, 6.45) is 0. The van der Waals surface area contributed by atoms with Gasteiger partial charge in [-0.05, 0) is 46.9 Å². The summed E-state index contributed by atoms with van der Waals surface area (Å²) in [5.41, 5.74) is 1.35. The first-order valence-corrected chi connectivity index (χ1v) is 10.9. The molecule has 0 N–H and O–H groups in total. The standard InChI is InChI=1S/C25H20OS/c1-3-11-20(12-4-1)19-27(21-13-5-2-6-14-21)24-17-9-7-15-22(24)26-23-16-8-10-18-25(23)27/h1-18H,19H2. The summed E-state index contributed by atoms with van der Waals surface area (Å²) in [6.45, 7) is 0. The highest BCUT2D eigenvalue weighted by Crippen LogP contribution is 2.76. The molecular formula is C25H20OS. The summed E-state index contributed by atoms with van der Waals surface area (Å²) in [6, 6.07) is 38.8. The fourth-order valence-electron chi connectivity index (χ4n) is 3.85. The first-order chi connectivity index (χ1) is 13.4. The minimum atomic E-state index is -1.47. The van der Waals surface area contributed by atoms with Crippen molar-refractivity contribution >= 4 is 10.0 Å². The molecule has 0 saturated carbocycles. The second-order valence-corrected chi connectivity index (χ2v) is 9.80. The predicted octanol–water partition coefficient (Wildman–Crippen LogP) is 7.27. The molecule has 0 spiro atoms. The molecule has 0 unspecified atom stereocenters. The molecule has 132 valence electrons. The first-order valence-electron chi connectivity index (χ1n) is 9.14. The summed E-state index contributed by atoms with van der Waals surface area (Å²) in [5.74, 6) is 2.92. The van der Waals surface area contributed by atoms with E-state index in [0.717, 1.165) is 17.3 Å². The van der Waals surface area contributed by atoms with Gasteiger partial charge in [0.25, 0.3) is 0 Å². The molecule has 2 heteroatoms. The van der Waals surface area contributed by atoms with Crippen molar-refractivity contribution in [3.63, 3.8) is 0 Å². The maximum absolute atomic E-state index is 6.31. The lowest BCUT2D eigenvalue weighted by molar-refractivity contribution is 0.452. The van der Waals surface area contributed by atoms with E-state index in [1.807, 2.05) is 0 Å². The van der Waals surface area contributed by atoms with Gasteiger partial charge in [0.2, 0.25) is 0 Å². The number of para-hydroxylation sites is 2. The van der Waals surface area contributed by atoms with Crippen molar-refractivity contribution in [1.29, 1.82) is 0 Å². The van der Waals surface area contributed by atoms with Crippen LogP contribution in [-0.4, -0.2) is 0 Å². The Bertz CT molecular complexity index is 1030. The third kappa shape index (κ3) is 2.65. The Balaban J connectivity index is 1.85. The molecule has 0 saturated heterocycles. The summed E-state index contributed by atoms with van der Waals surface area (Å²) in [5, 5.41) is 0. The molecule has 0 atom stereocenters. The van der Waals surface area contributed by atoms with E-state index in [-0.39, 0.29) is 0 Å². The number of hydrogen-bond donors (Lipinski definition) is 0. The van der Waals surface area contributed by atoms with E-state index in [4.69, 9.17) is 4.74 Å². The highest BCUT2D eigenvalue weighted by molar-refractivity contribution is 8.33. The van der Waals surface area contributed by atoms with E-state index in [2.05, 4.69) is 109 Å². The molecule has 0 fully saturated rings. The molecule has 0 radical (unpaired) electrons. The van der Waals surface area contributed by atoms with Crippen molar-refractivity contribution < 1.29 is 4.74 Å².